The molecular formula is C30H36N2O4S. The van der Waals surface area contributed by atoms with Crippen molar-refractivity contribution in [1.82, 2.24) is 9.80 Å². The van der Waals surface area contributed by atoms with Gasteiger partial charge in [-0.1, -0.05) is 49.6 Å². The molecule has 1 heterocycles. The van der Waals surface area contributed by atoms with E-state index in [2.05, 4.69) is 18.4 Å². The molecule has 2 amide bonds. The zero-order valence-corrected chi connectivity index (χ0v) is 22.8. The van der Waals surface area contributed by atoms with Crippen molar-refractivity contribution in [2.24, 2.45) is 0 Å². The Kier molecular flexibility index (Phi) is 9.23. The Morgan fingerprint density at radius 2 is 1.70 bits per heavy atom. The van der Waals surface area contributed by atoms with E-state index in [0.29, 0.717) is 30.2 Å². The topological polar surface area (TPSA) is 59.1 Å². The lowest BCUT2D eigenvalue weighted by molar-refractivity contribution is -0.133. The maximum Gasteiger partial charge on any atom is 0.258 e. The molecule has 0 bridgehead atoms. The van der Waals surface area contributed by atoms with Gasteiger partial charge in [0.15, 0.2) is 0 Å². The summed E-state index contributed by atoms with van der Waals surface area (Å²) in [7, 11) is 3.13. The number of benzene rings is 2. The first-order valence-electron chi connectivity index (χ1n) is 12.9. The zero-order chi connectivity index (χ0) is 26.2. The van der Waals surface area contributed by atoms with E-state index in [0.717, 1.165) is 42.5 Å². The van der Waals surface area contributed by atoms with Crippen LogP contribution in [0.3, 0.4) is 0 Å². The van der Waals surface area contributed by atoms with Crippen molar-refractivity contribution >= 4 is 23.2 Å². The van der Waals surface area contributed by atoms with Crippen LogP contribution in [0.4, 0.5) is 0 Å². The van der Waals surface area contributed by atoms with E-state index in [4.69, 9.17) is 9.47 Å². The summed E-state index contributed by atoms with van der Waals surface area (Å²) in [4.78, 5) is 32.7. The van der Waals surface area contributed by atoms with Crippen LogP contribution in [0.15, 0.2) is 60.0 Å². The minimum absolute atomic E-state index is 0.0269. The number of hydrogen-bond donors (Lipinski definition) is 0. The highest BCUT2D eigenvalue weighted by atomic mass is 32.1. The number of amides is 2. The lowest BCUT2D eigenvalue weighted by atomic mass is 9.93. The van der Waals surface area contributed by atoms with Crippen molar-refractivity contribution in [3.05, 3.63) is 81.5 Å². The molecule has 7 heteroatoms. The second kappa shape index (κ2) is 12.8. The van der Waals surface area contributed by atoms with Crippen LogP contribution in [0.5, 0.6) is 11.5 Å². The first kappa shape index (κ1) is 26.7. The molecule has 0 spiro atoms. The molecule has 0 N–H and O–H groups in total. The fourth-order valence-electron chi connectivity index (χ4n) is 4.91. The second-order valence-corrected chi connectivity index (χ2v) is 10.6. The predicted molar refractivity (Wildman–Crippen MR) is 147 cm³/mol. The van der Waals surface area contributed by atoms with Crippen LogP contribution in [0.2, 0.25) is 0 Å². The Morgan fingerprint density at radius 1 is 0.946 bits per heavy atom. The molecule has 37 heavy (non-hydrogen) atoms. The summed E-state index contributed by atoms with van der Waals surface area (Å²) in [5.74, 6) is 0.844. The van der Waals surface area contributed by atoms with Gasteiger partial charge >= 0.3 is 0 Å². The van der Waals surface area contributed by atoms with Gasteiger partial charge in [-0.3, -0.25) is 9.59 Å². The van der Waals surface area contributed by atoms with Gasteiger partial charge in [0.1, 0.15) is 18.0 Å². The van der Waals surface area contributed by atoms with Crippen molar-refractivity contribution in [3.8, 4) is 11.5 Å². The number of rotatable bonds is 10. The Morgan fingerprint density at radius 3 is 2.35 bits per heavy atom. The van der Waals surface area contributed by atoms with Crippen molar-refractivity contribution in [1.29, 1.82) is 0 Å². The van der Waals surface area contributed by atoms with Crippen LogP contribution in [-0.4, -0.2) is 48.4 Å². The van der Waals surface area contributed by atoms with Crippen molar-refractivity contribution in [3.63, 3.8) is 0 Å². The highest BCUT2D eigenvalue weighted by Gasteiger charge is 2.31. The number of methoxy groups -OCH3 is 2. The summed E-state index contributed by atoms with van der Waals surface area (Å²) in [5.41, 5.74) is 2.70. The number of thiophene rings is 1. The molecule has 1 saturated carbocycles. The fourth-order valence-corrected chi connectivity index (χ4v) is 5.83. The lowest BCUT2D eigenvalue weighted by Gasteiger charge is -2.36. The van der Waals surface area contributed by atoms with Crippen LogP contribution in [0.1, 0.15) is 58.5 Å². The molecule has 2 aromatic carbocycles. The quantitative estimate of drug-likeness (QED) is 0.325. The molecule has 1 aliphatic rings. The molecule has 6 nitrogen and oxygen atoms in total. The van der Waals surface area contributed by atoms with Crippen LogP contribution in [0.25, 0.3) is 0 Å². The Balaban J connectivity index is 1.62. The summed E-state index contributed by atoms with van der Waals surface area (Å²) in [6.45, 7) is 3.13. The monoisotopic (exact) mass is 520 g/mol. The summed E-state index contributed by atoms with van der Waals surface area (Å²) < 4.78 is 10.9. The number of aryl methyl sites for hydroxylation is 1. The number of ether oxygens (including phenoxy) is 2. The maximum atomic E-state index is 13.9. The highest BCUT2D eigenvalue weighted by molar-refractivity contribution is 7.10. The van der Waals surface area contributed by atoms with Crippen LogP contribution in [-0.2, 0) is 17.9 Å². The van der Waals surface area contributed by atoms with E-state index in [1.54, 1.807) is 48.7 Å². The van der Waals surface area contributed by atoms with Gasteiger partial charge in [0.05, 0.1) is 26.3 Å². The minimum Gasteiger partial charge on any atom is -0.497 e. The summed E-state index contributed by atoms with van der Waals surface area (Å²) in [6, 6.07) is 17.3. The molecule has 0 atom stereocenters. The van der Waals surface area contributed by atoms with E-state index in [1.807, 2.05) is 35.2 Å². The molecule has 0 unspecified atom stereocenters. The Bertz CT molecular complexity index is 1190. The van der Waals surface area contributed by atoms with Crippen LogP contribution in [0, 0.1) is 6.92 Å². The van der Waals surface area contributed by atoms with Gasteiger partial charge < -0.3 is 19.3 Å². The Hall–Kier alpha value is -3.32. The predicted octanol–water partition coefficient (Wildman–Crippen LogP) is 6.08. The smallest absolute Gasteiger partial charge is 0.258 e. The number of carbonyl (C=O) groups is 2. The Labute approximate surface area is 223 Å². The summed E-state index contributed by atoms with van der Waals surface area (Å²) in [6.07, 6.45) is 5.09. The van der Waals surface area contributed by atoms with Crippen LogP contribution >= 0.6 is 11.3 Å². The number of carbonyl (C=O) groups excluding carboxylic acids is 2. The molecule has 196 valence electrons. The second-order valence-electron chi connectivity index (χ2n) is 9.55. The number of nitrogens with zero attached hydrogens (tertiary/aromatic N) is 2. The average molecular weight is 521 g/mol. The third-order valence-corrected chi connectivity index (χ3v) is 8.10. The third-order valence-electron chi connectivity index (χ3n) is 7.09. The lowest BCUT2D eigenvalue weighted by Crippen LogP contribution is -2.48. The fraction of sp³-hybridized carbons (Fsp3) is 0.400. The van der Waals surface area contributed by atoms with Gasteiger partial charge in [0.2, 0.25) is 5.91 Å². The summed E-state index contributed by atoms with van der Waals surface area (Å²) in [5, 5.41) is 2.06. The molecule has 0 saturated heterocycles. The molecule has 0 aliphatic heterocycles. The third kappa shape index (κ3) is 6.72. The van der Waals surface area contributed by atoms with Gasteiger partial charge in [-0.05, 0) is 54.5 Å². The van der Waals surface area contributed by atoms with Gasteiger partial charge in [0.25, 0.3) is 5.91 Å². The highest BCUT2D eigenvalue weighted by Crippen LogP contribution is 2.30. The van der Waals surface area contributed by atoms with Crippen molar-refractivity contribution in [2.75, 3.05) is 20.8 Å². The van der Waals surface area contributed by atoms with Crippen molar-refractivity contribution in [2.45, 2.75) is 58.2 Å². The molecule has 1 fully saturated rings. The standard InChI is InChI=1S/C30H36N2O4S/c1-22-16-17-37-28(22)20-31(19-23-10-6-4-7-11-23)29(33)21-32(24-12-8-5-9-13-24)30(34)26-15-14-25(35-2)18-27(26)36-3/h4,6-7,10-11,14-18,24H,5,8-9,12-13,19-21H2,1-3H3. The molecule has 0 radical (unpaired) electrons. The van der Waals surface area contributed by atoms with Crippen molar-refractivity contribution < 1.29 is 19.1 Å². The first-order chi connectivity index (χ1) is 18.0. The normalized spacial score (nSPS) is 13.7. The van der Waals surface area contributed by atoms with E-state index < -0.39 is 0 Å². The molecule has 4 rings (SSSR count). The molecule has 3 aromatic rings. The van der Waals surface area contributed by atoms with Gasteiger partial charge in [0, 0.05) is 23.5 Å². The minimum atomic E-state index is -0.174. The first-order valence-corrected chi connectivity index (χ1v) is 13.8. The molecular weight excluding hydrogens is 484 g/mol. The summed E-state index contributed by atoms with van der Waals surface area (Å²) >= 11 is 1.66. The largest absolute Gasteiger partial charge is 0.497 e. The van der Waals surface area contributed by atoms with E-state index >= 15 is 0 Å². The SMILES string of the molecule is COc1ccc(C(=O)N(CC(=O)N(Cc2ccccc2)Cc2sccc2C)C2CCCCC2)c(OC)c1. The van der Waals surface area contributed by atoms with Gasteiger partial charge in [-0.15, -0.1) is 11.3 Å². The molecule has 1 aliphatic carbocycles. The van der Waals surface area contributed by atoms with Crippen LogP contribution < -0.4 is 9.47 Å². The number of hydrogen-bond acceptors (Lipinski definition) is 5. The van der Waals surface area contributed by atoms with Gasteiger partial charge in [-0.2, -0.15) is 0 Å². The van der Waals surface area contributed by atoms with Gasteiger partial charge in [-0.25, -0.2) is 0 Å². The average Bonchev–Trinajstić information content (AvgIpc) is 3.35. The van der Waals surface area contributed by atoms with E-state index in [-0.39, 0.29) is 24.4 Å². The van der Waals surface area contributed by atoms with E-state index in [9.17, 15) is 9.59 Å². The zero-order valence-electron chi connectivity index (χ0n) is 21.9. The van der Waals surface area contributed by atoms with E-state index in [1.165, 1.54) is 5.56 Å². The maximum absolute atomic E-state index is 13.9. The molecule has 1 aromatic heterocycles.